The van der Waals surface area contributed by atoms with E-state index in [-0.39, 0.29) is 85.5 Å². The number of carboxylic acid groups (broad SMARTS) is 1. The molecule has 0 radical (unpaired) electrons. The monoisotopic (exact) mass is 597 g/mol. The first kappa shape index (κ1) is 48.6. The van der Waals surface area contributed by atoms with E-state index in [2.05, 4.69) is 17.7 Å². The third kappa shape index (κ3) is 16.9. The van der Waals surface area contributed by atoms with Crippen molar-refractivity contribution in [2.45, 2.75) is 52.0 Å². The number of amides is 4. The van der Waals surface area contributed by atoms with E-state index in [0.29, 0.717) is 0 Å². The van der Waals surface area contributed by atoms with E-state index in [4.69, 9.17) is 15.1 Å². The second-order valence-corrected chi connectivity index (χ2v) is 8.68. The van der Waals surface area contributed by atoms with Gasteiger partial charge in [-0.15, -0.1) is 17.9 Å². The third-order valence-electron chi connectivity index (χ3n) is 3.08. The molecular formula is C16H26N2Na2O15S2+2. The van der Waals surface area contributed by atoms with Crippen LogP contribution in [-0.2, 0) is 53.8 Å². The minimum absolute atomic E-state index is 0. The largest absolute Gasteiger partial charge is 1.00 e. The number of carbonyl (C=O) groups excluding carboxylic acids is 5. The second kappa shape index (κ2) is 20.5. The molecule has 0 aromatic carbocycles. The molecule has 202 valence electrons. The number of hydrogen-bond acceptors (Lipinski definition) is 13. The topological polar surface area (TPSA) is 276 Å². The molecule has 2 fully saturated rings. The van der Waals surface area contributed by atoms with Crippen LogP contribution in [0.15, 0.2) is 0 Å². The maximum absolute atomic E-state index is 11.1. The fourth-order valence-corrected chi connectivity index (χ4v) is 3.25. The Morgan fingerprint density at radius 3 is 1.41 bits per heavy atom. The molecule has 2 saturated heterocycles. The first-order valence-corrected chi connectivity index (χ1v) is 10.8. The average Bonchev–Trinajstić information content (AvgIpc) is 3.07. The Morgan fingerprint density at radius 1 is 0.919 bits per heavy atom. The van der Waals surface area contributed by atoms with E-state index in [9.17, 15) is 49.9 Å². The molecule has 0 saturated carbocycles. The van der Waals surface area contributed by atoms with Crippen LogP contribution in [0.3, 0.4) is 0 Å². The molecule has 3 N–H and O–H groups in total. The molecule has 0 aromatic heterocycles. The first-order chi connectivity index (χ1) is 14.8. The van der Waals surface area contributed by atoms with Gasteiger partial charge < -0.3 is 24.3 Å². The smallest absolute Gasteiger partial charge is 0.747 e. The van der Waals surface area contributed by atoms with Gasteiger partial charge in [-0.25, -0.2) is 21.6 Å². The number of carbonyl (C=O) groups is 6. The molecule has 37 heavy (non-hydrogen) atoms. The minimum atomic E-state index is -4.91. The molecule has 0 bridgehead atoms. The number of hydrogen-bond donors (Lipinski definition) is 1. The quantitative estimate of drug-likeness (QED) is 0.104. The van der Waals surface area contributed by atoms with Crippen LogP contribution in [0.2, 0.25) is 0 Å². The zero-order chi connectivity index (χ0) is 26.9. The fraction of sp³-hybridized carbons (Fsp3) is 0.500. The maximum Gasteiger partial charge on any atom is 1.00 e. The van der Waals surface area contributed by atoms with Gasteiger partial charge in [0.05, 0.1) is 12.8 Å². The van der Waals surface area contributed by atoms with Gasteiger partial charge in [-0.05, 0) is 5.06 Å². The van der Waals surface area contributed by atoms with Crippen molar-refractivity contribution in [2.75, 3.05) is 0 Å². The van der Waals surface area contributed by atoms with E-state index < -0.39 is 79.1 Å². The van der Waals surface area contributed by atoms with Gasteiger partial charge in [0.2, 0.25) is 0 Å². The predicted octanol–water partition coefficient (Wildman–Crippen LogP) is -8.83. The van der Waals surface area contributed by atoms with E-state index in [1.807, 2.05) is 0 Å². The number of hydroxylamine groups is 4. The molecule has 2 aliphatic rings. The number of nitrogens with zero attached hydrogens (tertiary/aromatic N) is 2. The van der Waals surface area contributed by atoms with Crippen LogP contribution in [0, 0.1) is 12.8 Å². The summed E-state index contributed by atoms with van der Waals surface area (Å²) in [5, 5.41) is 10.1. The summed E-state index contributed by atoms with van der Waals surface area (Å²) in [5.74, 6) is -6.38. The van der Waals surface area contributed by atoms with Gasteiger partial charge in [0.1, 0.15) is 30.7 Å². The number of aliphatic carboxylic acids is 1. The van der Waals surface area contributed by atoms with Gasteiger partial charge in [0.15, 0.2) is 0 Å². The Labute approximate surface area is 259 Å². The van der Waals surface area contributed by atoms with Crippen molar-refractivity contribution in [1.29, 1.82) is 0 Å². The summed E-state index contributed by atoms with van der Waals surface area (Å²) in [5.41, 5.74) is 0. The van der Waals surface area contributed by atoms with Crippen molar-refractivity contribution in [2.24, 2.45) is 0 Å². The summed E-state index contributed by atoms with van der Waals surface area (Å²) in [6, 6.07) is 0. The maximum atomic E-state index is 11.1. The molecule has 0 aromatic rings. The van der Waals surface area contributed by atoms with Crippen molar-refractivity contribution in [3.8, 4) is 12.8 Å². The Bertz CT molecular complexity index is 1060. The Hall–Kier alpha value is -1.44. The number of carboxylic acids is 1. The molecule has 0 aliphatic carbocycles. The summed E-state index contributed by atoms with van der Waals surface area (Å²) in [6.07, 6.45) is 6.49. The first-order valence-electron chi connectivity index (χ1n) is 7.86. The Balaban J connectivity index is -0.0000000762. The Morgan fingerprint density at radius 2 is 1.22 bits per heavy atom. The molecule has 2 unspecified atom stereocenters. The van der Waals surface area contributed by atoms with Gasteiger partial charge >= 0.3 is 72.4 Å². The normalized spacial score (nSPS) is 17.8. The molecule has 4 amide bonds. The number of terminal acetylenes is 1. The molecule has 0 spiro atoms. The van der Waals surface area contributed by atoms with Gasteiger partial charge in [-0.2, -0.15) is 0 Å². The van der Waals surface area contributed by atoms with Crippen LogP contribution < -0.4 is 59.1 Å². The van der Waals surface area contributed by atoms with E-state index in [1.54, 1.807) is 0 Å². The molecule has 2 atom stereocenters. The van der Waals surface area contributed by atoms with E-state index in [1.165, 1.54) is 0 Å². The molecule has 21 heteroatoms. The number of imide groups is 2. The Kier molecular flexibility index (Phi) is 26.9. The summed E-state index contributed by atoms with van der Waals surface area (Å²) < 4.78 is 62.5. The van der Waals surface area contributed by atoms with Crippen molar-refractivity contribution < 1.29 is 130 Å². The van der Waals surface area contributed by atoms with Crippen LogP contribution in [0.5, 0.6) is 0 Å². The van der Waals surface area contributed by atoms with Crippen LogP contribution in [0.25, 0.3) is 0 Å². The average molecular weight is 598 g/mol. The van der Waals surface area contributed by atoms with Crippen LogP contribution in [0.1, 0.15) is 43.0 Å². The van der Waals surface area contributed by atoms with Gasteiger partial charge in [-0.1, -0.05) is 14.9 Å². The molecular weight excluding hydrogens is 570 g/mol. The fourth-order valence-electron chi connectivity index (χ4n) is 1.86. The standard InChI is InChI=1S/C6H7NO7S.C4H5NO6S.C2H4O2.C2H2.2CH4.2Na/c1-3(8)14-7-5(9)2-4(6(7)10)15(11,12)13;6-3-1-2(12(9,10)11)4(7)5(3)8;1-2(3)4;1-2;;;;/h4H,2H2,1H3,(H,11,12,13);2,8H,1H2,(H,9,10,11);1H3,(H,3,4);1-2H;2*1H4;;/q;;;;;;2*+1/i/hD. The van der Waals surface area contributed by atoms with Crippen LogP contribution >= 0.6 is 0 Å². The zero-order valence-corrected chi connectivity index (χ0v) is 24.3. The molecule has 2 heterocycles. The van der Waals surface area contributed by atoms with Gasteiger partial charge in [-0.3, -0.25) is 24.0 Å². The molecule has 2 aliphatic heterocycles. The van der Waals surface area contributed by atoms with Crippen molar-refractivity contribution in [3.05, 3.63) is 0 Å². The van der Waals surface area contributed by atoms with E-state index >= 15 is 0 Å². The van der Waals surface area contributed by atoms with Crippen molar-refractivity contribution in [1.82, 2.24) is 10.1 Å². The SMILES string of the molecule is C.C.C#C.CC(=O)O.CC(=O)ON1C(=O)CC(S(=O)(=O)[O-])C1=O.O=C1CC(S(=O)(=O)[O-])C(=O)N1[OH2+].[2H+].[Na+].[Na+]. The predicted molar refractivity (Wildman–Crippen MR) is 113 cm³/mol. The van der Waals surface area contributed by atoms with Crippen LogP contribution in [-0.4, -0.2) is 92.4 Å². The number of rotatable bonds is 3. The van der Waals surface area contributed by atoms with E-state index in [0.717, 1.165) is 13.8 Å². The van der Waals surface area contributed by atoms with Crippen molar-refractivity contribution >= 4 is 55.8 Å². The van der Waals surface area contributed by atoms with Gasteiger partial charge in [0.25, 0.3) is 23.7 Å². The summed E-state index contributed by atoms with van der Waals surface area (Å²) >= 11 is 0. The summed E-state index contributed by atoms with van der Waals surface area (Å²) in [7, 11) is -9.71. The minimum Gasteiger partial charge on any atom is -0.747 e. The zero-order valence-electron chi connectivity index (χ0n) is 19.7. The van der Waals surface area contributed by atoms with Gasteiger partial charge in [0, 0.05) is 13.8 Å². The molecule has 2 rings (SSSR count). The molecule has 17 nitrogen and oxygen atoms in total. The second-order valence-electron chi connectivity index (χ2n) is 5.57. The third-order valence-corrected chi connectivity index (χ3v) is 5.21. The van der Waals surface area contributed by atoms with Crippen LogP contribution in [0.4, 0.5) is 0 Å². The van der Waals surface area contributed by atoms with Crippen molar-refractivity contribution in [3.63, 3.8) is 0 Å². The summed E-state index contributed by atoms with van der Waals surface area (Å²) in [4.78, 5) is 67.0. The summed E-state index contributed by atoms with van der Waals surface area (Å²) in [6.45, 7) is 2.01.